The molecule has 0 aliphatic carbocycles. The number of hydrogen-bond donors (Lipinski definition) is 0. The third-order valence-electron chi connectivity index (χ3n) is 0.259. The van der Waals surface area contributed by atoms with Gasteiger partial charge < -0.3 is 0 Å². The summed E-state index contributed by atoms with van der Waals surface area (Å²) >= 11 is 6.57. The summed E-state index contributed by atoms with van der Waals surface area (Å²) < 4.78 is 0.146. The van der Waals surface area contributed by atoms with Gasteiger partial charge in [-0.15, -0.1) is 0 Å². The second-order valence-electron chi connectivity index (χ2n) is 1.67. The Labute approximate surface area is 55.6 Å². The lowest BCUT2D eigenvalue weighted by Crippen LogP contribution is -2.03. The second-order valence-corrected chi connectivity index (χ2v) is 4.18. The lowest BCUT2D eigenvalue weighted by molar-refractivity contribution is 0.905. The first-order valence-corrected chi connectivity index (χ1v) is 3.40. The molecule has 1 radical (unpaired) electrons. The Bertz CT molecular complexity index is 35.3. The van der Waals surface area contributed by atoms with Crippen molar-refractivity contribution in [3.63, 3.8) is 0 Å². The molecular formula is C4H7Br2. The van der Waals surface area contributed by atoms with Crippen molar-refractivity contribution in [3.05, 3.63) is 5.33 Å². The van der Waals surface area contributed by atoms with Gasteiger partial charge in [0.1, 0.15) is 0 Å². The number of hydrogen-bond acceptors (Lipinski definition) is 0. The maximum Gasteiger partial charge on any atom is 0.0432 e. The predicted octanol–water partition coefficient (Wildman–Crippen LogP) is 2.72. The molecule has 0 unspecified atom stereocenters. The molecule has 0 N–H and O–H groups in total. The van der Waals surface area contributed by atoms with Gasteiger partial charge in [-0.2, -0.15) is 0 Å². The fourth-order valence-corrected chi connectivity index (χ4v) is 0. The van der Waals surface area contributed by atoms with E-state index in [-0.39, 0.29) is 4.32 Å². The maximum atomic E-state index is 3.38. The molecule has 0 heterocycles. The first-order valence-electron chi connectivity index (χ1n) is 1.70. The molecule has 0 atom stereocenters. The van der Waals surface area contributed by atoms with Crippen molar-refractivity contribution in [1.29, 1.82) is 0 Å². The molecule has 0 saturated carbocycles. The minimum atomic E-state index is 0.146. The fraction of sp³-hybridized carbons (Fsp3) is 0.750. The van der Waals surface area contributed by atoms with Gasteiger partial charge in [-0.1, -0.05) is 31.9 Å². The molecule has 0 fully saturated rings. The Hall–Kier alpha value is 0.960. The highest BCUT2D eigenvalue weighted by Gasteiger charge is 2.08. The van der Waals surface area contributed by atoms with E-state index in [2.05, 4.69) is 45.7 Å². The van der Waals surface area contributed by atoms with E-state index in [1.54, 1.807) is 0 Å². The fourth-order valence-electron chi connectivity index (χ4n) is 0. The molecule has 0 nitrogen and oxygen atoms in total. The Balaban J connectivity index is 3.17. The van der Waals surface area contributed by atoms with Crippen molar-refractivity contribution < 1.29 is 0 Å². The maximum absolute atomic E-state index is 3.38. The van der Waals surface area contributed by atoms with Crippen molar-refractivity contribution in [1.82, 2.24) is 0 Å². The van der Waals surface area contributed by atoms with Crippen LogP contribution in [-0.4, -0.2) is 4.32 Å². The van der Waals surface area contributed by atoms with E-state index in [1.807, 2.05) is 5.33 Å². The summed E-state index contributed by atoms with van der Waals surface area (Å²) in [6.07, 6.45) is 0. The van der Waals surface area contributed by atoms with E-state index < -0.39 is 0 Å². The number of alkyl halides is 1. The zero-order valence-electron chi connectivity index (χ0n) is 3.83. The molecule has 0 spiro atoms. The lowest BCUT2D eigenvalue weighted by atomic mass is 10.3. The normalized spacial score (nSPS) is 12.0. The first-order chi connectivity index (χ1) is 2.56. The average Bonchev–Trinajstić information content (AvgIpc) is 1.35. The highest BCUT2D eigenvalue weighted by molar-refractivity contribution is 9.13. The summed E-state index contributed by atoms with van der Waals surface area (Å²) in [4.78, 5) is 0. The van der Waals surface area contributed by atoms with Gasteiger partial charge in [0.05, 0.1) is 0 Å². The van der Waals surface area contributed by atoms with Crippen molar-refractivity contribution >= 4 is 31.9 Å². The van der Waals surface area contributed by atoms with Crippen LogP contribution in [0.4, 0.5) is 0 Å². The van der Waals surface area contributed by atoms with Crippen molar-refractivity contribution in [2.45, 2.75) is 18.2 Å². The highest BCUT2D eigenvalue weighted by Crippen LogP contribution is 2.21. The van der Waals surface area contributed by atoms with Gasteiger partial charge in [-0.25, -0.2) is 0 Å². The molecule has 6 heavy (non-hydrogen) atoms. The Morgan fingerprint density at radius 1 is 1.50 bits per heavy atom. The van der Waals surface area contributed by atoms with Crippen molar-refractivity contribution in [2.24, 2.45) is 0 Å². The molecule has 0 bridgehead atoms. The van der Waals surface area contributed by atoms with Gasteiger partial charge in [0, 0.05) is 9.65 Å². The van der Waals surface area contributed by atoms with Crippen LogP contribution < -0.4 is 0 Å². The third-order valence-corrected chi connectivity index (χ3v) is 2.25. The van der Waals surface area contributed by atoms with Gasteiger partial charge in [-0.3, -0.25) is 0 Å². The van der Waals surface area contributed by atoms with E-state index in [4.69, 9.17) is 0 Å². The molecule has 0 rings (SSSR count). The van der Waals surface area contributed by atoms with Crippen LogP contribution in [0.1, 0.15) is 13.8 Å². The Kier molecular flexibility index (Phi) is 2.68. The van der Waals surface area contributed by atoms with Gasteiger partial charge >= 0.3 is 0 Å². The van der Waals surface area contributed by atoms with Gasteiger partial charge in [0.25, 0.3) is 0 Å². The van der Waals surface area contributed by atoms with Gasteiger partial charge in [-0.05, 0) is 13.8 Å². The number of halogens is 2. The molecule has 2 heteroatoms. The van der Waals surface area contributed by atoms with Crippen LogP contribution in [0, 0.1) is 5.33 Å². The molecular weight excluding hydrogens is 208 g/mol. The lowest BCUT2D eigenvalue weighted by Gasteiger charge is -2.07. The van der Waals surface area contributed by atoms with Crippen molar-refractivity contribution in [3.8, 4) is 0 Å². The van der Waals surface area contributed by atoms with Gasteiger partial charge in [0.2, 0.25) is 0 Å². The van der Waals surface area contributed by atoms with Crippen LogP contribution in [0.3, 0.4) is 0 Å². The van der Waals surface area contributed by atoms with E-state index in [0.717, 1.165) is 0 Å². The Morgan fingerprint density at radius 3 is 1.67 bits per heavy atom. The summed E-state index contributed by atoms with van der Waals surface area (Å²) in [5.41, 5.74) is 0. The van der Waals surface area contributed by atoms with Crippen LogP contribution in [0.5, 0.6) is 0 Å². The predicted molar refractivity (Wildman–Crippen MR) is 36.2 cm³/mol. The van der Waals surface area contributed by atoms with Gasteiger partial charge in [0.15, 0.2) is 0 Å². The van der Waals surface area contributed by atoms with Crippen LogP contribution >= 0.6 is 31.9 Å². The molecule has 0 aliphatic rings. The summed E-state index contributed by atoms with van der Waals surface area (Å²) in [6, 6.07) is 0. The summed E-state index contributed by atoms with van der Waals surface area (Å²) in [6.45, 7) is 4.11. The van der Waals surface area contributed by atoms with E-state index >= 15 is 0 Å². The minimum absolute atomic E-state index is 0.146. The third kappa shape index (κ3) is 4.96. The van der Waals surface area contributed by atoms with E-state index in [1.165, 1.54) is 0 Å². The average molecular weight is 215 g/mol. The minimum Gasteiger partial charge on any atom is -0.0863 e. The molecule has 0 saturated heterocycles. The molecule has 0 amide bonds. The van der Waals surface area contributed by atoms with Crippen molar-refractivity contribution in [2.75, 3.05) is 0 Å². The molecule has 37 valence electrons. The summed E-state index contributed by atoms with van der Waals surface area (Å²) in [5, 5.41) is 1.92. The molecule has 0 aromatic carbocycles. The SMILES string of the molecule is CC(C)(Br)[CH]Br. The smallest absolute Gasteiger partial charge is 0.0432 e. The van der Waals surface area contributed by atoms with Crippen LogP contribution in [0.2, 0.25) is 0 Å². The van der Waals surface area contributed by atoms with Crippen LogP contribution in [-0.2, 0) is 0 Å². The quantitative estimate of drug-likeness (QED) is 0.589. The molecule has 0 aromatic heterocycles. The van der Waals surface area contributed by atoms with Crippen LogP contribution in [0.25, 0.3) is 0 Å². The van der Waals surface area contributed by atoms with E-state index in [9.17, 15) is 0 Å². The number of rotatable bonds is 1. The summed E-state index contributed by atoms with van der Waals surface area (Å²) in [7, 11) is 0. The summed E-state index contributed by atoms with van der Waals surface area (Å²) in [5.74, 6) is 0. The molecule has 0 aromatic rings. The van der Waals surface area contributed by atoms with E-state index in [0.29, 0.717) is 0 Å². The zero-order chi connectivity index (χ0) is 5.21. The Morgan fingerprint density at radius 2 is 1.67 bits per heavy atom. The van der Waals surface area contributed by atoms with Crippen LogP contribution in [0.15, 0.2) is 0 Å². The monoisotopic (exact) mass is 213 g/mol. The topological polar surface area (TPSA) is 0 Å². The second kappa shape index (κ2) is 2.31. The standard InChI is InChI=1S/C4H7Br2/c1-4(2,6)3-5/h3H,1-2H3. The first kappa shape index (κ1) is 6.96. The largest absolute Gasteiger partial charge is 0.0863 e. The molecule has 0 aliphatic heterocycles. The zero-order valence-corrected chi connectivity index (χ0v) is 7.01. The highest BCUT2D eigenvalue weighted by atomic mass is 79.9.